The molecule has 1 atom stereocenters. The average molecular weight is 546 g/mol. The first-order chi connectivity index (χ1) is 16.9. The van der Waals surface area contributed by atoms with Gasteiger partial charge >= 0.3 is 6.01 Å². The quantitative estimate of drug-likeness (QED) is 0.435. The van der Waals surface area contributed by atoms with Gasteiger partial charge in [-0.1, -0.05) is 19.8 Å². The van der Waals surface area contributed by atoms with Gasteiger partial charge in [0.05, 0.1) is 11.1 Å². The molecule has 0 bridgehead atoms. The number of fused-ring (bicyclic) bond motifs is 1. The Hall–Kier alpha value is -1.60. The van der Waals surface area contributed by atoms with E-state index in [0.717, 1.165) is 77.4 Å². The SMILES string of the molecule is CCOc1c(Br)c(C)cc2c(N3CCC4(CCCC(C)C4)CC3)nc(OC3CCN(C)CC3)nc12. The lowest BCUT2D eigenvalue weighted by molar-refractivity contribution is 0.104. The number of halogens is 1. The summed E-state index contributed by atoms with van der Waals surface area (Å²) in [5.41, 5.74) is 2.52. The predicted molar refractivity (Wildman–Crippen MR) is 146 cm³/mol. The van der Waals surface area contributed by atoms with Crippen LogP contribution in [0.5, 0.6) is 11.8 Å². The zero-order valence-electron chi connectivity index (χ0n) is 21.9. The molecule has 192 valence electrons. The zero-order valence-corrected chi connectivity index (χ0v) is 23.5. The second-order valence-electron chi connectivity index (χ2n) is 11.3. The highest BCUT2D eigenvalue weighted by Gasteiger charge is 2.38. The Kier molecular flexibility index (Phi) is 7.45. The van der Waals surface area contributed by atoms with Crippen LogP contribution in [0.4, 0.5) is 5.82 Å². The Labute approximate surface area is 218 Å². The standard InChI is InChI=1S/C28H41BrN4O2/c1-5-34-25-23(29)20(3)17-22-24(25)30-27(35-21-8-13-32(4)14-9-21)31-26(22)33-15-11-28(12-16-33)10-6-7-19(2)18-28/h17,19,21H,5-16,18H2,1-4H3. The molecule has 35 heavy (non-hydrogen) atoms. The summed E-state index contributed by atoms with van der Waals surface area (Å²) in [4.78, 5) is 14.8. The molecule has 1 unspecified atom stereocenters. The van der Waals surface area contributed by atoms with Gasteiger partial charge in [0.2, 0.25) is 0 Å². The van der Waals surface area contributed by atoms with E-state index in [0.29, 0.717) is 18.0 Å². The maximum atomic E-state index is 6.42. The van der Waals surface area contributed by atoms with Crippen LogP contribution in [0.15, 0.2) is 10.5 Å². The Morgan fingerprint density at radius 3 is 2.51 bits per heavy atom. The van der Waals surface area contributed by atoms with Crippen LogP contribution < -0.4 is 14.4 Å². The first kappa shape index (κ1) is 25.1. The Balaban J connectivity index is 1.50. The molecule has 1 spiro atoms. The Morgan fingerprint density at radius 2 is 1.83 bits per heavy atom. The van der Waals surface area contributed by atoms with Gasteiger partial charge in [-0.25, -0.2) is 0 Å². The molecule has 2 aliphatic heterocycles. The number of rotatable bonds is 5. The van der Waals surface area contributed by atoms with E-state index in [1.54, 1.807) is 0 Å². The molecule has 2 aromatic rings. The molecule has 3 fully saturated rings. The lowest BCUT2D eigenvalue weighted by Gasteiger charge is -2.46. The van der Waals surface area contributed by atoms with E-state index in [-0.39, 0.29) is 6.10 Å². The summed E-state index contributed by atoms with van der Waals surface area (Å²) in [6, 6.07) is 2.70. The predicted octanol–water partition coefficient (Wildman–Crippen LogP) is 6.37. The van der Waals surface area contributed by atoms with Crippen LogP contribution in [0.2, 0.25) is 0 Å². The maximum absolute atomic E-state index is 6.42. The Morgan fingerprint density at radius 1 is 1.09 bits per heavy atom. The van der Waals surface area contributed by atoms with Gasteiger partial charge in [-0.15, -0.1) is 0 Å². The van der Waals surface area contributed by atoms with Crippen LogP contribution in [-0.2, 0) is 0 Å². The lowest BCUT2D eigenvalue weighted by atomic mass is 9.65. The minimum Gasteiger partial charge on any atom is -0.490 e. The van der Waals surface area contributed by atoms with Crippen molar-refractivity contribution in [1.82, 2.24) is 14.9 Å². The van der Waals surface area contributed by atoms with Crippen molar-refractivity contribution in [3.05, 3.63) is 16.1 Å². The first-order valence-electron chi connectivity index (χ1n) is 13.6. The highest BCUT2D eigenvalue weighted by Crippen LogP contribution is 2.48. The number of nitrogens with zero attached hydrogens (tertiary/aromatic N) is 4. The van der Waals surface area contributed by atoms with E-state index in [1.807, 2.05) is 6.92 Å². The number of aromatic nitrogens is 2. The lowest BCUT2D eigenvalue weighted by Crippen LogP contribution is -2.42. The molecule has 3 aliphatic rings. The number of aryl methyl sites for hydroxylation is 1. The van der Waals surface area contributed by atoms with Gasteiger partial charge in [-0.2, -0.15) is 9.97 Å². The minimum absolute atomic E-state index is 0.161. The monoisotopic (exact) mass is 544 g/mol. The third-order valence-electron chi connectivity index (χ3n) is 8.56. The van der Waals surface area contributed by atoms with Crippen LogP contribution in [0.25, 0.3) is 10.9 Å². The molecular formula is C28H41BrN4O2. The summed E-state index contributed by atoms with van der Waals surface area (Å²) < 4.78 is 13.5. The van der Waals surface area contributed by atoms with Crippen molar-refractivity contribution in [3.8, 4) is 11.8 Å². The fraction of sp³-hybridized carbons (Fsp3) is 0.714. The molecule has 0 N–H and O–H groups in total. The normalized spacial score (nSPS) is 23.7. The summed E-state index contributed by atoms with van der Waals surface area (Å²) in [6.45, 7) is 11.4. The summed E-state index contributed by atoms with van der Waals surface area (Å²) in [5, 5.41) is 1.07. The summed E-state index contributed by atoms with van der Waals surface area (Å²) in [6.07, 6.45) is 10.2. The number of likely N-dealkylation sites (tertiary alicyclic amines) is 1. The second-order valence-corrected chi connectivity index (χ2v) is 12.1. The molecule has 1 aromatic carbocycles. The molecule has 1 aliphatic carbocycles. The van der Waals surface area contributed by atoms with Crippen molar-refractivity contribution in [2.75, 3.05) is 44.7 Å². The Bertz CT molecular complexity index is 1050. The van der Waals surface area contributed by atoms with Crippen molar-refractivity contribution in [2.45, 2.75) is 78.2 Å². The molecule has 2 saturated heterocycles. The smallest absolute Gasteiger partial charge is 0.319 e. The number of piperidine rings is 2. The molecule has 6 nitrogen and oxygen atoms in total. The van der Waals surface area contributed by atoms with E-state index in [2.05, 4.69) is 52.7 Å². The van der Waals surface area contributed by atoms with Crippen LogP contribution in [0.3, 0.4) is 0 Å². The van der Waals surface area contributed by atoms with Gasteiger partial charge in [-0.05, 0) is 98.3 Å². The summed E-state index contributed by atoms with van der Waals surface area (Å²) in [7, 11) is 2.17. The third-order valence-corrected chi connectivity index (χ3v) is 9.55. The van der Waals surface area contributed by atoms with Crippen molar-refractivity contribution in [1.29, 1.82) is 0 Å². The zero-order chi connectivity index (χ0) is 24.6. The molecule has 0 amide bonds. The second kappa shape index (κ2) is 10.4. The average Bonchev–Trinajstić information content (AvgIpc) is 2.84. The molecule has 1 saturated carbocycles. The van der Waals surface area contributed by atoms with Crippen molar-refractivity contribution >= 4 is 32.7 Å². The van der Waals surface area contributed by atoms with Crippen LogP contribution in [-0.4, -0.2) is 60.8 Å². The molecule has 3 heterocycles. The number of hydrogen-bond donors (Lipinski definition) is 0. The number of anilines is 1. The molecular weight excluding hydrogens is 504 g/mol. The van der Waals surface area contributed by atoms with E-state index in [9.17, 15) is 0 Å². The molecule has 1 aromatic heterocycles. The van der Waals surface area contributed by atoms with Gasteiger partial charge < -0.3 is 19.3 Å². The maximum Gasteiger partial charge on any atom is 0.319 e. The van der Waals surface area contributed by atoms with E-state index in [1.165, 1.54) is 38.5 Å². The van der Waals surface area contributed by atoms with E-state index in [4.69, 9.17) is 19.4 Å². The van der Waals surface area contributed by atoms with Crippen LogP contribution >= 0.6 is 15.9 Å². The van der Waals surface area contributed by atoms with Crippen molar-refractivity contribution < 1.29 is 9.47 Å². The number of hydrogen-bond acceptors (Lipinski definition) is 6. The molecule has 5 rings (SSSR count). The topological polar surface area (TPSA) is 50.7 Å². The van der Waals surface area contributed by atoms with Gasteiger partial charge in [-0.3, -0.25) is 0 Å². The van der Waals surface area contributed by atoms with Gasteiger partial charge in [0.15, 0.2) is 5.75 Å². The molecule has 0 radical (unpaired) electrons. The van der Waals surface area contributed by atoms with Gasteiger partial charge in [0.1, 0.15) is 17.4 Å². The summed E-state index contributed by atoms with van der Waals surface area (Å²) in [5.74, 6) is 2.67. The fourth-order valence-electron chi connectivity index (χ4n) is 6.54. The summed E-state index contributed by atoms with van der Waals surface area (Å²) >= 11 is 3.76. The number of ether oxygens (including phenoxy) is 2. The fourth-order valence-corrected chi connectivity index (χ4v) is 6.96. The third kappa shape index (κ3) is 5.27. The highest BCUT2D eigenvalue weighted by atomic mass is 79.9. The van der Waals surface area contributed by atoms with E-state index < -0.39 is 0 Å². The molecule has 7 heteroatoms. The van der Waals surface area contributed by atoms with Gasteiger partial charge in [0, 0.05) is 31.6 Å². The van der Waals surface area contributed by atoms with Crippen LogP contribution in [0, 0.1) is 18.3 Å². The van der Waals surface area contributed by atoms with E-state index >= 15 is 0 Å². The van der Waals surface area contributed by atoms with Crippen molar-refractivity contribution in [2.24, 2.45) is 11.3 Å². The minimum atomic E-state index is 0.161. The first-order valence-corrected chi connectivity index (χ1v) is 14.4. The number of benzene rings is 1. The van der Waals surface area contributed by atoms with Gasteiger partial charge in [0.25, 0.3) is 0 Å². The highest BCUT2D eigenvalue weighted by molar-refractivity contribution is 9.10. The van der Waals surface area contributed by atoms with Crippen LogP contribution in [0.1, 0.15) is 70.8 Å². The van der Waals surface area contributed by atoms with Crippen molar-refractivity contribution in [3.63, 3.8) is 0 Å². The largest absolute Gasteiger partial charge is 0.490 e.